The summed E-state index contributed by atoms with van der Waals surface area (Å²) in [4.78, 5) is 1.47. The Morgan fingerprint density at radius 3 is 2.50 bits per heavy atom. The minimum atomic E-state index is 0.768. The molecule has 0 spiro atoms. The van der Waals surface area contributed by atoms with Crippen LogP contribution in [0.2, 0.25) is 0 Å². The van der Waals surface area contributed by atoms with Gasteiger partial charge in [0.05, 0.1) is 9.47 Å². The molecule has 0 aliphatic heterocycles. The van der Waals surface area contributed by atoms with Crippen LogP contribution < -0.4 is 5.73 Å². The molecule has 0 atom stereocenters. The number of hydrogen-bond donors (Lipinski definition) is 1. The van der Waals surface area contributed by atoms with Gasteiger partial charge in [-0.3, -0.25) is 0 Å². The molecule has 0 unspecified atom stereocenters. The van der Waals surface area contributed by atoms with Crippen LogP contribution in [0.5, 0.6) is 0 Å². The van der Waals surface area contributed by atoms with E-state index in [0.717, 1.165) is 21.3 Å². The van der Waals surface area contributed by atoms with Crippen LogP contribution in [-0.4, -0.2) is 0 Å². The Morgan fingerprint density at radius 2 is 2.00 bits per heavy atom. The number of halogens is 1. The van der Waals surface area contributed by atoms with Gasteiger partial charge in [-0.25, -0.2) is 0 Å². The maximum Gasteiger partial charge on any atom is 0.0930 e. The largest absolute Gasteiger partial charge is 0.397 e. The summed E-state index contributed by atoms with van der Waals surface area (Å²) in [5.41, 5.74) is 6.74. The lowest BCUT2D eigenvalue weighted by molar-refractivity contribution is 0.350. The quantitative estimate of drug-likeness (QED) is 0.807. The minimum Gasteiger partial charge on any atom is -0.397 e. The molecule has 0 amide bonds. The first-order valence-electron chi connectivity index (χ1n) is 5.21. The zero-order valence-electron chi connectivity index (χ0n) is 8.42. The number of nitrogen functional groups attached to an aromatic ring is 1. The third-order valence-corrected chi connectivity index (χ3v) is 5.20. The van der Waals surface area contributed by atoms with Crippen molar-refractivity contribution < 1.29 is 0 Å². The van der Waals surface area contributed by atoms with E-state index in [-0.39, 0.29) is 0 Å². The lowest BCUT2D eigenvalue weighted by Gasteiger charge is -2.25. The van der Waals surface area contributed by atoms with E-state index in [1.807, 2.05) is 11.3 Å². The highest BCUT2D eigenvalue weighted by Gasteiger charge is 2.21. The maximum atomic E-state index is 5.84. The van der Waals surface area contributed by atoms with Gasteiger partial charge in [-0.05, 0) is 46.7 Å². The van der Waals surface area contributed by atoms with Crippen molar-refractivity contribution in [1.29, 1.82) is 0 Å². The van der Waals surface area contributed by atoms with E-state index in [1.165, 1.54) is 30.6 Å². The number of nitrogens with two attached hydrogens (primary N) is 1. The van der Waals surface area contributed by atoms with Gasteiger partial charge in [0.1, 0.15) is 0 Å². The monoisotopic (exact) mass is 273 g/mol. The Bertz CT molecular complexity index is 294. The molecule has 1 aromatic rings. The molecule has 0 aromatic carbocycles. The smallest absolute Gasteiger partial charge is 0.0930 e. The van der Waals surface area contributed by atoms with Gasteiger partial charge in [0.2, 0.25) is 0 Å². The second kappa shape index (κ2) is 4.23. The molecular formula is C11H16BrNS. The van der Waals surface area contributed by atoms with Crippen LogP contribution >= 0.6 is 27.3 Å². The van der Waals surface area contributed by atoms with Gasteiger partial charge in [0.25, 0.3) is 0 Å². The second-order valence-electron chi connectivity index (χ2n) is 4.33. The molecule has 2 N–H and O–H groups in total. The molecule has 1 nitrogen and oxygen atoms in total. The summed E-state index contributed by atoms with van der Waals surface area (Å²) in [7, 11) is 0. The summed E-state index contributed by atoms with van der Waals surface area (Å²) in [6.07, 6.45) is 5.43. The molecule has 1 aliphatic rings. The minimum absolute atomic E-state index is 0.768. The average molecular weight is 274 g/mol. The average Bonchev–Trinajstić information content (AvgIpc) is 2.48. The molecule has 0 saturated heterocycles. The lowest BCUT2D eigenvalue weighted by atomic mass is 9.82. The Morgan fingerprint density at radius 1 is 1.36 bits per heavy atom. The lowest BCUT2D eigenvalue weighted by Crippen LogP contribution is -2.09. The van der Waals surface area contributed by atoms with Crippen LogP contribution in [0.1, 0.15) is 43.4 Å². The zero-order chi connectivity index (χ0) is 10.1. The van der Waals surface area contributed by atoms with Crippen LogP contribution in [-0.2, 0) is 0 Å². The van der Waals surface area contributed by atoms with Crippen LogP contribution in [0, 0.1) is 5.92 Å². The topological polar surface area (TPSA) is 26.0 Å². The van der Waals surface area contributed by atoms with Crippen molar-refractivity contribution in [3.8, 4) is 0 Å². The summed E-state index contributed by atoms with van der Waals surface area (Å²) in [6, 6.07) is 2.15. The number of anilines is 1. The van der Waals surface area contributed by atoms with Crippen LogP contribution in [0.3, 0.4) is 0 Å². The molecule has 1 aliphatic carbocycles. The second-order valence-corrected chi connectivity index (χ2v) is 6.74. The van der Waals surface area contributed by atoms with Crippen LogP contribution in [0.25, 0.3) is 0 Å². The number of thiophene rings is 1. The van der Waals surface area contributed by atoms with Crippen molar-refractivity contribution in [3.05, 3.63) is 14.7 Å². The molecule has 0 radical (unpaired) electrons. The molecule has 1 fully saturated rings. The van der Waals surface area contributed by atoms with Gasteiger partial charge >= 0.3 is 0 Å². The predicted molar refractivity (Wildman–Crippen MR) is 66.8 cm³/mol. The SMILES string of the molecule is CC1CCC(c2cc(N)c(Br)s2)CC1. The third kappa shape index (κ3) is 2.14. The fraction of sp³-hybridized carbons (Fsp3) is 0.636. The van der Waals surface area contributed by atoms with Gasteiger partial charge in [-0.2, -0.15) is 0 Å². The van der Waals surface area contributed by atoms with Crippen molar-refractivity contribution >= 4 is 33.0 Å². The van der Waals surface area contributed by atoms with Crippen molar-refractivity contribution in [2.75, 3.05) is 5.73 Å². The van der Waals surface area contributed by atoms with Crippen molar-refractivity contribution in [2.45, 2.75) is 38.5 Å². The van der Waals surface area contributed by atoms with Gasteiger partial charge < -0.3 is 5.73 Å². The van der Waals surface area contributed by atoms with Crippen molar-refractivity contribution in [3.63, 3.8) is 0 Å². The highest BCUT2D eigenvalue weighted by atomic mass is 79.9. The predicted octanol–water partition coefficient (Wildman–Crippen LogP) is 4.39. The maximum absolute atomic E-state index is 5.84. The first-order chi connectivity index (χ1) is 6.66. The molecule has 2 rings (SSSR count). The Kier molecular flexibility index (Phi) is 3.17. The fourth-order valence-electron chi connectivity index (χ4n) is 2.15. The molecule has 1 heterocycles. The zero-order valence-corrected chi connectivity index (χ0v) is 10.8. The molecule has 3 heteroatoms. The summed E-state index contributed by atoms with van der Waals surface area (Å²) >= 11 is 5.30. The number of hydrogen-bond acceptors (Lipinski definition) is 2. The van der Waals surface area contributed by atoms with Crippen LogP contribution in [0.4, 0.5) is 5.69 Å². The van der Waals surface area contributed by atoms with Gasteiger partial charge in [-0.15, -0.1) is 11.3 Å². The highest BCUT2D eigenvalue weighted by molar-refractivity contribution is 9.11. The number of rotatable bonds is 1. The summed E-state index contributed by atoms with van der Waals surface area (Å²) in [5, 5.41) is 0. The molecular weight excluding hydrogens is 258 g/mol. The van der Waals surface area contributed by atoms with E-state index in [9.17, 15) is 0 Å². The Labute approximate surface area is 97.8 Å². The van der Waals surface area contributed by atoms with Gasteiger partial charge in [-0.1, -0.05) is 19.8 Å². The van der Waals surface area contributed by atoms with Crippen LogP contribution in [0.15, 0.2) is 9.85 Å². The summed E-state index contributed by atoms with van der Waals surface area (Å²) < 4.78 is 1.10. The van der Waals surface area contributed by atoms with Crippen molar-refractivity contribution in [2.24, 2.45) is 5.92 Å². The fourth-order valence-corrected chi connectivity index (χ4v) is 3.79. The summed E-state index contributed by atoms with van der Waals surface area (Å²) in [5.74, 6) is 1.69. The Hall–Kier alpha value is -0.0200. The molecule has 14 heavy (non-hydrogen) atoms. The molecule has 1 saturated carbocycles. The first-order valence-corrected chi connectivity index (χ1v) is 6.82. The molecule has 1 aromatic heterocycles. The highest BCUT2D eigenvalue weighted by Crippen LogP contribution is 2.41. The standard InChI is InChI=1S/C11H16BrNS/c1-7-2-4-8(5-3-7)10-6-9(13)11(12)14-10/h6-8H,2-5,13H2,1H3. The molecule has 0 bridgehead atoms. The van der Waals surface area contributed by atoms with Gasteiger partial charge in [0, 0.05) is 4.88 Å². The van der Waals surface area contributed by atoms with E-state index in [1.54, 1.807) is 0 Å². The normalized spacial score (nSPS) is 27.9. The van der Waals surface area contributed by atoms with E-state index in [2.05, 4.69) is 28.9 Å². The Balaban J connectivity index is 2.08. The first kappa shape index (κ1) is 10.5. The third-order valence-electron chi connectivity index (χ3n) is 3.15. The van der Waals surface area contributed by atoms with E-state index >= 15 is 0 Å². The molecule has 78 valence electrons. The van der Waals surface area contributed by atoms with E-state index < -0.39 is 0 Å². The van der Waals surface area contributed by atoms with E-state index in [4.69, 9.17) is 5.73 Å². The van der Waals surface area contributed by atoms with E-state index in [0.29, 0.717) is 0 Å². The van der Waals surface area contributed by atoms with Gasteiger partial charge in [0.15, 0.2) is 0 Å². The van der Waals surface area contributed by atoms with Crippen molar-refractivity contribution in [1.82, 2.24) is 0 Å². The summed E-state index contributed by atoms with van der Waals surface area (Å²) in [6.45, 7) is 2.36.